The Balaban J connectivity index is 1.79. The van der Waals surface area contributed by atoms with Crippen LogP contribution < -0.4 is 14.4 Å². The van der Waals surface area contributed by atoms with Gasteiger partial charge in [-0.3, -0.25) is 13.9 Å². The Hall–Kier alpha value is -4.70. The molecule has 8 nitrogen and oxygen atoms in total. The fourth-order valence-corrected chi connectivity index (χ4v) is 6.40. The van der Waals surface area contributed by atoms with E-state index in [4.69, 9.17) is 4.74 Å². The molecule has 0 aliphatic heterocycles. The summed E-state index contributed by atoms with van der Waals surface area (Å²) in [5, 5.41) is 2.93. The van der Waals surface area contributed by atoms with Crippen LogP contribution in [0.1, 0.15) is 36.5 Å². The predicted molar refractivity (Wildman–Crippen MR) is 178 cm³/mol. The number of hydrogen-bond donors (Lipinski definition) is 1. The highest BCUT2D eigenvalue weighted by atomic mass is 32.2. The van der Waals surface area contributed by atoms with Gasteiger partial charge in [-0.15, -0.1) is 0 Å². The van der Waals surface area contributed by atoms with Crippen molar-refractivity contribution in [1.82, 2.24) is 10.2 Å². The molecular formula is C36H40FN3O5S. The number of carbonyl (C=O) groups is 2. The Kier molecular flexibility index (Phi) is 11.9. The van der Waals surface area contributed by atoms with Crippen molar-refractivity contribution < 1.29 is 27.1 Å². The van der Waals surface area contributed by atoms with Crippen LogP contribution in [-0.2, 0) is 32.6 Å². The molecule has 1 unspecified atom stereocenters. The number of methoxy groups -OCH3 is 1. The van der Waals surface area contributed by atoms with Crippen LogP contribution in [0.2, 0.25) is 0 Å². The van der Waals surface area contributed by atoms with Gasteiger partial charge in [-0.25, -0.2) is 12.8 Å². The molecule has 4 aromatic rings. The molecule has 0 heterocycles. The van der Waals surface area contributed by atoms with E-state index in [2.05, 4.69) is 5.32 Å². The van der Waals surface area contributed by atoms with Gasteiger partial charge in [0.15, 0.2) is 0 Å². The van der Waals surface area contributed by atoms with Crippen LogP contribution in [0.3, 0.4) is 0 Å². The smallest absolute Gasteiger partial charge is 0.264 e. The number of benzene rings is 4. The molecule has 4 aromatic carbocycles. The molecule has 0 aliphatic carbocycles. The molecule has 0 radical (unpaired) electrons. The lowest BCUT2D eigenvalue weighted by Gasteiger charge is -2.34. The van der Waals surface area contributed by atoms with E-state index in [1.165, 1.54) is 42.3 Å². The first kappa shape index (κ1) is 34.2. The number of anilines is 1. The van der Waals surface area contributed by atoms with Crippen molar-refractivity contribution in [3.05, 3.63) is 126 Å². The summed E-state index contributed by atoms with van der Waals surface area (Å²) in [5.41, 5.74) is 2.18. The molecule has 10 heteroatoms. The average Bonchev–Trinajstić information content (AvgIpc) is 3.07. The fourth-order valence-electron chi connectivity index (χ4n) is 4.98. The number of rotatable bonds is 15. The molecule has 0 aliphatic rings. The van der Waals surface area contributed by atoms with Gasteiger partial charge >= 0.3 is 0 Å². The number of halogens is 1. The second kappa shape index (κ2) is 16.0. The van der Waals surface area contributed by atoms with Gasteiger partial charge in [0.2, 0.25) is 11.8 Å². The minimum atomic E-state index is -4.27. The third-order valence-corrected chi connectivity index (χ3v) is 9.44. The van der Waals surface area contributed by atoms with Gasteiger partial charge in [0.1, 0.15) is 24.2 Å². The van der Waals surface area contributed by atoms with E-state index in [-0.39, 0.29) is 29.1 Å². The summed E-state index contributed by atoms with van der Waals surface area (Å²) in [6.07, 6.45) is 1.75. The zero-order valence-electron chi connectivity index (χ0n) is 26.4. The van der Waals surface area contributed by atoms with Gasteiger partial charge < -0.3 is 15.0 Å². The van der Waals surface area contributed by atoms with Crippen molar-refractivity contribution in [3.63, 3.8) is 0 Å². The van der Waals surface area contributed by atoms with Crippen LogP contribution in [0.5, 0.6) is 5.75 Å². The topological polar surface area (TPSA) is 96.0 Å². The first-order chi connectivity index (χ1) is 22.1. The van der Waals surface area contributed by atoms with Crippen LogP contribution in [0.4, 0.5) is 10.1 Å². The van der Waals surface area contributed by atoms with Crippen LogP contribution in [-0.4, -0.2) is 51.4 Å². The molecule has 0 aromatic heterocycles. The van der Waals surface area contributed by atoms with Gasteiger partial charge in [-0.05, 0) is 61.4 Å². The Bertz CT molecular complexity index is 1700. The second-order valence-corrected chi connectivity index (χ2v) is 12.8. The first-order valence-corrected chi connectivity index (χ1v) is 16.7. The molecule has 0 spiro atoms. The van der Waals surface area contributed by atoms with E-state index in [0.29, 0.717) is 12.3 Å². The van der Waals surface area contributed by atoms with Crippen molar-refractivity contribution in [2.75, 3.05) is 24.5 Å². The van der Waals surface area contributed by atoms with Crippen LogP contribution in [0.25, 0.3) is 0 Å². The minimum absolute atomic E-state index is 0.0412. The lowest BCUT2D eigenvalue weighted by molar-refractivity contribution is -0.140. The van der Waals surface area contributed by atoms with E-state index >= 15 is 4.39 Å². The average molecular weight is 646 g/mol. The summed E-state index contributed by atoms with van der Waals surface area (Å²) in [4.78, 5) is 29.5. The Morgan fingerprint density at radius 1 is 0.891 bits per heavy atom. The van der Waals surface area contributed by atoms with E-state index in [0.717, 1.165) is 28.3 Å². The number of nitrogens with zero attached hydrogens (tertiary/aromatic N) is 2. The number of sulfonamides is 1. The maximum Gasteiger partial charge on any atom is 0.264 e. The molecule has 242 valence electrons. The van der Waals surface area contributed by atoms with Crippen molar-refractivity contribution in [2.45, 2.75) is 50.6 Å². The van der Waals surface area contributed by atoms with Gasteiger partial charge in [0.05, 0.1) is 17.7 Å². The molecule has 0 saturated heterocycles. The summed E-state index contributed by atoms with van der Waals surface area (Å²) >= 11 is 0. The highest BCUT2D eigenvalue weighted by molar-refractivity contribution is 7.92. The quantitative estimate of drug-likeness (QED) is 0.163. The summed E-state index contributed by atoms with van der Waals surface area (Å²) in [5.74, 6) is -1.12. The molecule has 0 fully saturated rings. The number of amides is 2. The molecular weight excluding hydrogens is 605 g/mol. The van der Waals surface area contributed by atoms with E-state index in [1.54, 1.807) is 42.5 Å². The zero-order valence-corrected chi connectivity index (χ0v) is 27.2. The van der Waals surface area contributed by atoms with Crippen LogP contribution in [0, 0.1) is 12.7 Å². The molecule has 1 N–H and O–H groups in total. The number of carbonyl (C=O) groups excluding carboxylic acids is 2. The van der Waals surface area contributed by atoms with Crippen LogP contribution >= 0.6 is 0 Å². The molecule has 0 saturated carbocycles. The van der Waals surface area contributed by atoms with Gasteiger partial charge in [0, 0.05) is 25.1 Å². The standard InChI is InChI=1S/C36H40FN3O5S/c1-4-5-23-38-36(42)34(24-28-11-7-6-8-12-28)39(25-29-13-9-10-14-33(29)37)35(41)26-40(30-17-15-27(2)16-18-30)46(43,44)32-21-19-31(45-3)20-22-32/h6-22,34H,4-5,23-26H2,1-3H3,(H,38,42). The maximum absolute atomic E-state index is 15.0. The lowest BCUT2D eigenvalue weighted by atomic mass is 10.0. The SMILES string of the molecule is CCCCNC(=O)C(Cc1ccccc1)N(Cc1ccccc1F)C(=O)CN(c1ccc(C)cc1)S(=O)(=O)c1ccc(OC)cc1. The molecule has 0 bridgehead atoms. The second-order valence-electron chi connectivity index (χ2n) is 11.0. The number of nitrogens with one attached hydrogen (secondary N) is 1. The zero-order chi connectivity index (χ0) is 33.1. The van der Waals surface area contributed by atoms with Gasteiger partial charge in [0.25, 0.3) is 10.0 Å². The first-order valence-electron chi connectivity index (χ1n) is 15.2. The molecule has 2 amide bonds. The lowest BCUT2D eigenvalue weighted by Crippen LogP contribution is -2.53. The van der Waals surface area contributed by atoms with E-state index < -0.39 is 40.2 Å². The van der Waals surface area contributed by atoms with Crippen molar-refractivity contribution in [3.8, 4) is 5.75 Å². The summed E-state index contributed by atoms with van der Waals surface area (Å²) in [6.45, 7) is 3.42. The summed E-state index contributed by atoms with van der Waals surface area (Å²) in [7, 11) is -2.79. The third kappa shape index (κ3) is 8.72. The van der Waals surface area contributed by atoms with Gasteiger partial charge in [-0.2, -0.15) is 0 Å². The fraction of sp³-hybridized carbons (Fsp3) is 0.278. The van der Waals surface area contributed by atoms with Crippen LogP contribution in [0.15, 0.2) is 108 Å². The van der Waals surface area contributed by atoms with E-state index in [1.807, 2.05) is 44.2 Å². The summed E-state index contributed by atoms with van der Waals surface area (Å²) < 4.78 is 49.5. The normalized spacial score (nSPS) is 11.8. The molecule has 1 atom stereocenters. The monoisotopic (exact) mass is 645 g/mol. The largest absolute Gasteiger partial charge is 0.497 e. The Morgan fingerprint density at radius 3 is 2.17 bits per heavy atom. The van der Waals surface area contributed by atoms with Crippen molar-refractivity contribution in [1.29, 1.82) is 0 Å². The summed E-state index contributed by atoms with van der Waals surface area (Å²) in [6, 6.07) is 26.9. The number of hydrogen-bond acceptors (Lipinski definition) is 5. The van der Waals surface area contributed by atoms with Crippen molar-refractivity contribution in [2.24, 2.45) is 0 Å². The van der Waals surface area contributed by atoms with Crippen molar-refractivity contribution >= 4 is 27.5 Å². The Labute approximate surface area is 270 Å². The predicted octanol–water partition coefficient (Wildman–Crippen LogP) is 5.89. The Morgan fingerprint density at radius 2 is 1.54 bits per heavy atom. The molecule has 4 rings (SSSR count). The van der Waals surface area contributed by atoms with Gasteiger partial charge in [-0.1, -0.05) is 79.6 Å². The number of unbranched alkanes of at least 4 members (excludes halogenated alkanes) is 1. The highest BCUT2D eigenvalue weighted by Gasteiger charge is 2.35. The number of ether oxygens (including phenoxy) is 1. The maximum atomic E-state index is 15.0. The minimum Gasteiger partial charge on any atom is -0.497 e. The van der Waals surface area contributed by atoms with E-state index in [9.17, 15) is 18.0 Å². The molecule has 46 heavy (non-hydrogen) atoms. The highest BCUT2D eigenvalue weighted by Crippen LogP contribution is 2.27. The number of aryl methyl sites for hydroxylation is 1. The third-order valence-electron chi connectivity index (χ3n) is 7.65.